The lowest BCUT2D eigenvalue weighted by Gasteiger charge is -2.35. The molecule has 6 nitrogen and oxygen atoms in total. The zero-order valence-corrected chi connectivity index (χ0v) is 18.2. The second-order valence-electron chi connectivity index (χ2n) is 7.02. The van der Waals surface area contributed by atoms with Crippen LogP contribution in [-0.4, -0.2) is 56.0 Å². The van der Waals surface area contributed by atoms with Gasteiger partial charge in [-0.1, -0.05) is 36.4 Å². The highest BCUT2D eigenvalue weighted by Crippen LogP contribution is 2.24. The maximum Gasteiger partial charge on any atom is 0.243 e. The van der Waals surface area contributed by atoms with Crippen LogP contribution in [0.2, 0.25) is 0 Å². The van der Waals surface area contributed by atoms with Gasteiger partial charge in [-0.3, -0.25) is 0 Å². The van der Waals surface area contributed by atoms with Crippen LogP contribution in [0.4, 0.5) is 5.69 Å². The summed E-state index contributed by atoms with van der Waals surface area (Å²) in [6, 6.07) is 20.6. The highest BCUT2D eigenvalue weighted by atomic mass is 32.2. The average molecular weight is 442 g/mol. The van der Waals surface area contributed by atoms with Gasteiger partial charge in [-0.25, -0.2) is 8.42 Å². The third-order valence-electron chi connectivity index (χ3n) is 5.25. The van der Waals surface area contributed by atoms with Gasteiger partial charge in [0.25, 0.3) is 0 Å². The highest BCUT2D eigenvalue weighted by Gasteiger charge is 2.29. The maximum absolute atomic E-state index is 12.9. The van der Waals surface area contributed by atoms with Crippen LogP contribution in [-0.2, 0) is 10.0 Å². The van der Waals surface area contributed by atoms with Gasteiger partial charge in [0, 0.05) is 37.3 Å². The molecule has 0 amide bonds. The molecule has 0 aromatic heterocycles. The van der Waals surface area contributed by atoms with Crippen LogP contribution in [0.1, 0.15) is 0 Å². The molecule has 1 heterocycles. The number of methoxy groups -OCH3 is 1. The quantitative estimate of drug-likeness (QED) is 0.625. The van der Waals surface area contributed by atoms with E-state index >= 15 is 0 Å². The molecule has 1 saturated heterocycles. The lowest BCUT2D eigenvalue weighted by Crippen LogP contribution is -2.51. The van der Waals surface area contributed by atoms with E-state index in [1.807, 2.05) is 29.2 Å². The van der Waals surface area contributed by atoms with Crippen LogP contribution in [0.3, 0.4) is 0 Å². The third-order valence-corrected chi connectivity index (χ3v) is 7.53. The number of hydrogen-bond acceptors (Lipinski definition) is 4. The maximum atomic E-state index is 12.9. The summed E-state index contributed by atoms with van der Waals surface area (Å²) in [7, 11) is -1.98. The van der Waals surface area contributed by atoms with Gasteiger partial charge in [-0.05, 0) is 47.9 Å². The number of anilines is 1. The molecule has 30 heavy (non-hydrogen) atoms. The van der Waals surface area contributed by atoms with Crippen molar-refractivity contribution in [3.8, 4) is 5.75 Å². The zero-order chi connectivity index (χ0) is 21.1. The number of benzene rings is 3. The van der Waals surface area contributed by atoms with Gasteiger partial charge in [0.2, 0.25) is 10.0 Å². The molecule has 8 heteroatoms. The molecule has 0 unspecified atom stereocenters. The van der Waals surface area contributed by atoms with Crippen LogP contribution >= 0.6 is 12.2 Å². The van der Waals surface area contributed by atoms with E-state index in [0.717, 1.165) is 16.5 Å². The first-order valence-electron chi connectivity index (χ1n) is 9.67. The van der Waals surface area contributed by atoms with E-state index in [1.165, 1.54) is 4.31 Å². The normalized spacial score (nSPS) is 15.2. The molecule has 0 atom stereocenters. The number of hydrogen-bond donors (Lipinski definition) is 1. The van der Waals surface area contributed by atoms with Crippen molar-refractivity contribution in [3.63, 3.8) is 0 Å². The van der Waals surface area contributed by atoms with Crippen molar-refractivity contribution in [2.24, 2.45) is 0 Å². The van der Waals surface area contributed by atoms with Crippen molar-refractivity contribution >= 4 is 43.8 Å². The van der Waals surface area contributed by atoms with Crippen molar-refractivity contribution in [3.05, 3.63) is 66.7 Å². The summed E-state index contributed by atoms with van der Waals surface area (Å²) < 4.78 is 32.5. The van der Waals surface area contributed by atoms with E-state index in [1.54, 1.807) is 31.4 Å². The molecule has 4 rings (SSSR count). The lowest BCUT2D eigenvalue weighted by molar-refractivity contribution is 0.268. The molecular formula is C22H23N3O3S2. The van der Waals surface area contributed by atoms with E-state index in [9.17, 15) is 8.42 Å². The third kappa shape index (κ3) is 4.12. The van der Waals surface area contributed by atoms with E-state index in [2.05, 4.69) is 23.5 Å². The summed E-state index contributed by atoms with van der Waals surface area (Å²) in [5.41, 5.74) is 0.950. The first kappa shape index (κ1) is 20.6. The molecule has 1 fully saturated rings. The SMILES string of the molecule is COc1ccc(S(=O)(=O)N2CCN(C(=S)Nc3cccc4ccccc34)CC2)cc1. The highest BCUT2D eigenvalue weighted by molar-refractivity contribution is 7.89. The second-order valence-corrected chi connectivity index (χ2v) is 9.35. The number of piperazine rings is 1. The Bertz CT molecular complexity index is 1150. The first-order chi connectivity index (χ1) is 14.5. The van der Waals surface area contributed by atoms with Crippen molar-refractivity contribution in [1.29, 1.82) is 0 Å². The standard InChI is InChI=1S/C22H23N3O3S2/c1-28-18-9-11-19(12-10-18)30(26,27)25-15-13-24(14-16-25)22(29)23-21-8-4-6-17-5-2-3-7-20(17)21/h2-12H,13-16H2,1H3,(H,23,29). The van der Waals surface area contributed by atoms with Gasteiger partial charge in [-0.2, -0.15) is 4.31 Å². The fourth-order valence-corrected chi connectivity index (χ4v) is 5.27. The fraction of sp³-hybridized carbons (Fsp3) is 0.227. The van der Waals surface area contributed by atoms with E-state index in [0.29, 0.717) is 37.0 Å². The molecule has 0 bridgehead atoms. The summed E-state index contributed by atoms with van der Waals surface area (Å²) >= 11 is 5.61. The summed E-state index contributed by atoms with van der Waals surface area (Å²) in [4.78, 5) is 2.28. The van der Waals surface area contributed by atoms with Crippen molar-refractivity contribution in [2.45, 2.75) is 4.90 Å². The minimum atomic E-state index is -3.54. The largest absolute Gasteiger partial charge is 0.497 e. The predicted octanol–water partition coefficient (Wildman–Crippen LogP) is 3.55. The van der Waals surface area contributed by atoms with Gasteiger partial charge in [0.1, 0.15) is 5.75 Å². The monoisotopic (exact) mass is 441 g/mol. The van der Waals surface area contributed by atoms with Crippen LogP contribution in [0.5, 0.6) is 5.75 Å². The Morgan fingerprint density at radius 2 is 1.60 bits per heavy atom. The van der Waals surface area contributed by atoms with Gasteiger partial charge < -0.3 is 15.0 Å². The molecule has 1 N–H and O–H groups in total. The second kappa shape index (κ2) is 8.59. The molecule has 1 aliphatic heterocycles. The zero-order valence-electron chi connectivity index (χ0n) is 16.6. The van der Waals surface area contributed by atoms with Crippen molar-refractivity contribution in [2.75, 3.05) is 38.6 Å². The number of thiocarbonyl (C=S) groups is 1. The first-order valence-corrected chi connectivity index (χ1v) is 11.5. The van der Waals surface area contributed by atoms with Gasteiger partial charge >= 0.3 is 0 Å². The summed E-state index contributed by atoms with van der Waals surface area (Å²) in [6.45, 7) is 1.83. The number of fused-ring (bicyclic) bond motifs is 1. The predicted molar refractivity (Wildman–Crippen MR) is 123 cm³/mol. The van der Waals surface area contributed by atoms with E-state index < -0.39 is 10.0 Å². The number of rotatable bonds is 4. The smallest absolute Gasteiger partial charge is 0.243 e. The molecule has 0 spiro atoms. The number of sulfonamides is 1. The summed E-state index contributed by atoms with van der Waals surface area (Å²) in [6.07, 6.45) is 0. The Morgan fingerprint density at radius 1 is 0.933 bits per heavy atom. The molecule has 0 radical (unpaired) electrons. The Balaban J connectivity index is 1.41. The molecule has 0 saturated carbocycles. The van der Waals surface area contributed by atoms with Gasteiger partial charge in [-0.15, -0.1) is 0 Å². The summed E-state index contributed by atoms with van der Waals surface area (Å²) in [5.74, 6) is 0.628. The molecular weight excluding hydrogens is 418 g/mol. The number of ether oxygens (including phenoxy) is 1. The molecule has 0 aliphatic carbocycles. The van der Waals surface area contributed by atoms with Gasteiger partial charge in [0.15, 0.2) is 5.11 Å². The van der Waals surface area contributed by atoms with Crippen molar-refractivity contribution < 1.29 is 13.2 Å². The Labute approximate surface area is 182 Å². The van der Waals surface area contributed by atoms with E-state index in [-0.39, 0.29) is 4.90 Å². The fourth-order valence-electron chi connectivity index (χ4n) is 3.56. The minimum absolute atomic E-state index is 0.271. The van der Waals surface area contributed by atoms with Crippen LogP contribution in [0.15, 0.2) is 71.6 Å². The minimum Gasteiger partial charge on any atom is -0.497 e. The summed E-state index contributed by atoms with van der Waals surface area (Å²) in [5, 5.41) is 6.17. The number of nitrogens with one attached hydrogen (secondary N) is 1. The van der Waals surface area contributed by atoms with Crippen LogP contribution in [0, 0.1) is 0 Å². The Kier molecular flexibility index (Phi) is 5.90. The molecule has 1 aliphatic rings. The molecule has 3 aromatic rings. The Morgan fingerprint density at radius 3 is 2.30 bits per heavy atom. The average Bonchev–Trinajstić information content (AvgIpc) is 2.79. The number of nitrogens with zero attached hydrogens (tertiary/aromatic N) is 2. The van der Waals surface area contributed by atoms with Gasteiger partial charge in [0.05, 0.1) is 12.0 Å². The van der Waals surface area contributed by atoms with Crippen LogP contribution < -0.4 is 10.1 Å². The molecule has 3 aromatic carbocycles. The lowest BCUT2D eigenvalue weighted by atomic mass is 10.1. The van der Waals surface area contributed by atoms with Crippen LogP contribution in [0.25, 0.3) is 10.8 Å². The Hall–Kier alpha value is -2.68. The van der Waals surface area contributed by atoms with E-state index in [4.69, 9.17) is 17.0 Å². The van der Waals surface area contributed by atoms with Crippen molar-refractivity contribution in [1.82, 2.24) is 9.21 Å². The topological polar surface area (TPSA) is 61.9 Å². The molecule has 156 valence electrons.